The van der Waals surface area contributed by atoms with E-state index >= 15 is 0 Å². The zero-order chi connectivity index (χ0) is 13.8. The van der Waals surface area contributed by atoms with Crippen molar-refractivity contribution in [3.8, 4) is 5.75 Å². The number of carbonyl (C=O) groups is 1. The van der Waals surface area contributed by atoms with Crippen molar-refractivity contribution in [3.05, 3.63) is 47.4 Å². The second-order valence-corrected chi connectivity index (χ2v) is 4.94. The maximum Gasteiger partial charge on any atom is 0.339 e. The van der Waals surface area contributed by atoms with Crippen molar-refractivity contribution in [2.75, 3.05) is 7.11 Å². The molecule has 2 aromatic rings. The molecule has 1 heterocycles. The lowest BCUT2D eigenvalue weighted by Crippen LogP contribution is -1.94. The number of carboxylic acids is 1. The van der Waals surface area contributed by atoms with Crippen LogP contribution in [0, 0.1) is 6.92 Å². The van der Waals surface area contributed by atoms with Crippen LogP contribution in [-0.4, -0.2) is 18.2 Å². The van der Waals surface area contributed by atoms with Gasteiger partial charge < -0.3 is 14.3 Å². The Morgan fingerprint density at radius 1 is 1.42 bits per heavy atom. The molecule has 1 aromatic heterocycles. The number of thioether (sulfide) groups is 1. The van der Waals surface area contributed by atoms with Crippen LogP contribution in [0.15, 0.2) is 39.6 Å². The van der Waals surface area contributed by atoms with Crippen LogP contribution in [0.3, 0.4) is 0 Å². The molecular weight excluding hydrogens is 264 g/mol. The summed E-state index contributed by atoms with van der Waals surface area (Å²) >= 11 is 1.55. The average Bonchev–Trinajstić information content (AvgIpc) is 2.78. The normalized spacial score (nSPS) is 10.4. The summed E-state index contributed by atoms with van der Waals surface area (Å²) in [5.41, 5.74) is 0.218. The molecule has 2 rings (SSSR count). The molecule has 0 aliphatic rings. The molecule has 0 aliphatic heterocycles. The van der Waals surface area contributed by atoms with Crippen molar-refractivity contribution < 1.29 is 19.1 Å². The Morgan fingerprint density at radius 3 is 2.79 bits per heavy atom. The third kappa shape index (κ3) is 3.12. The van der Waals surface area contributed by atoms with Gasteiger partial charge in [-0.3, -0.25) is 0 Å². The fraction of sp³-hybridized carbons (Fsp3) is 0.214. The van der Waals surface area contributed by atoms with Crippen molar-refractivity contribution in [3.63, 3.8) is 0 Å². The van der Waals surface area contributed by atoms with E-state index in [1.165, 1.54) is 0 Å². The number of hydrogen-bond donors (Lipinski definition) is 1. The third-order valence-corrected chi connectivity index (χ3v) is 3.72. The number of hydrogen-bond acceptors (Lipinski definition) is 4. The highest BCUT2D eigenvalue weighted by molar-refractivity contribution is 7.98. The van der Waals surface area contributed by atoms with E-state index in [1.807, 2.05) is 24.3 Å². The van der Waals surface area contributed by atoms with Crippen molar-refractivity contribution in [1.82, 2.24) is 0 Å². The molecule has 0 fully saturated rings. The van der Waals surface area contributed by atoms with Crippen LogP contribution in [0.2, 0.25) is 0 Å². The van der Waals surface area contributed by atoms with Gasteiger partial charge in [-0.1, -0.05) is 12.1 Å². The van der Waals surface area contributed by atoms with Crippen LogP contribution in [0.25, 0.3) is 0 Å². The maximum absolute atomic E-state index is 10.9. The van der Waals surface area contributed by atoms with Crippen LogP contribution in [0.4, 0.5) is 0 Å². The smallest absolute Gasteiger partial charge is 0.339 e. The predicted octanol–water partition coefficient (Wildman–Crippen LogP) is 3.59. The Hall–Kier alpha value is -1.88. The summed E-state index contributed by atoms with van der Waals surface area (Å²) in [7, 11) is 1.62. The van der Waals surface area contributed by atoms with Gasteiger partial charge >= 0.3 is 5.97 Å². The van der Waals surface area contributed by atoms with Gasteiger partial charge in [-0.25, -0.2) is 4.79 Å². The maximum atomic E-state index is 10.9. The molecule has 0 saturated carbocycles. The first-order valence-corrected chi connectivity index (χ1v) is 6.69. The molecule has 0 amide bonds. The van der Waals surface area contributed by atoms with Gasteiger partial charge in [-0.2, -0.15) is 0 Å². The summed E-state index contributed by atoms with van der Waals surface area (Å²) in [6.45, 7) is 1.65. The van der Waals surface area contributed by atoms with Gasteiger partial charge in [0, 0.05) is 4.90 Å². The summed E-state index contributed by atoms with van der Waals surface area (Å²) in [6.07, 6.45) is 0. The number of ether oxygens (including phenoxy) is 1. The second-order valence-electron chi connectivity index (χ2n) is 3.93. The predicted molar refractivity (Wildman–Crippen MR) is 73.0 cm³/mol. The summed E-state index contributed by atoms with van der Waals surface area (Å²) in [4.78, 5) is 11.9. The number of aryl methyl sites for hydroxylation is 1. The molecule has 0 radical (unpaired) electrons. The van der Waals surface area contributed by atoms with Crippen molar-refractivity contribution in [1.29, 1.82) is 0 Å². The summed E-state index contributed by atoms with van der Waals surface area (Å²) < 4.78 is 10.7. The molecule has 19 heavy (non-hydrogen) atoms. The van der Waals surface area contributed by atoms with Gasteiger partial charge in [0.15, 0.2) is 0 Å². The number of aromatic carboxylic acids is 1. The Morgan fingerprint density at radius 2 is 2.16 bits per heavy atom. The van der Waals surface area contributed by atoms with Crippen LogP contribution >= 0.6 is 11.8 Å². The van der Waals surface area contributed by atoms with Crippen LogP contribution in [-0.2, 0) is 5.75 Å². The van der Waals surface area contributed by atoms with Crippen LogP contribution in [0.5, 0.6) is 5.75 Å². The van der Waals surface area contributed by atoms with Gasteiger partial charge in [0.1, 0.15) is 22.8 Å². The van der Waals surface area contributed by atoms with E-state index in [9.17, 15) is 4.79 Å². The number of furan rings is 1. The molecule has 0 atom stereocenters. The van der Waals surface area contributed by atoms with Crippen molar-refractivity contribution in [2.24, 2.45) is 0 Å². The van der Waals surface area contributed by atoms with E-state index in [2.05, 4.69) is 0 Å². The Balaban J connectivity index is 2.10. The van der Waals surface area contributed by atoms with E-state index in [0.717, 1.165) is 10.6 Å². The van der Waals surface area contributed by atoms with Gasteiger partial charge in [0.2, 0.25) is 0 Å². The minimum absolute atomic E-state index is 0.218. The number of para-hydroxylation sites is 1. The lowest BCUT2D eigenvalue weighted by atomic mass is 10.2. The van der Waals surface area contributed by atoms with Crippen LogP contribution in [0.1, 0.15) is 21.9 Å². The highest BCUT2D eigenvalue weighted by Crippen LogP contribution is 2.32. The topological polar surface area (TPSA) is 59.7 Å². The second kappa shape index (κ2) is 5.84. The van der Waals surface area contributed by atoms with Gasteiger partial charge in [0.25, 0.3) is 0 Å². The molecule has 0 spiro atoms. The average molecular weight is 278 g/mol. The molecule has 5 heteroatoms. The van der Waals surface area contributed by atoms with E-state index in [4.69, 9.17) is 14.3 Å². The van der Waals surface area contributed by atoms with Crippen molar-refractivity contribution >= 4 is 17.7 Å². The fourth-order valence-electron chi connectivity index (χ4n) is 1.71. The van der Waals surface area contributed by atoms with Gasteiger partial charge in [-0.15, -0.1) is 11.8 Å². The Labute approximate surface area is 115 Å². The first kappa shape index (κ1) is 13.5. The summed E-state index contributed by atoms with van der Waals surface area (Å²) in [5, 5.41) is 8.96. The number of methoxy groups -OCH3 is 1. The van der Waals surface area contributed by atoms with Gasteiger partial charge in [-0.05, 0) is 25.1 Å². The molecule has 4 nitrogen and oxygen atoms in total. The fourth-order valence-corrected chi connectivity index (χ4v) is 2.62. The zero-order valence-corrected chi connectivity index (χ0v) is 11.5. The van der Waals surface area contributed by atoms with E-state index in [1.54, 1.807) is 31.9 Å². The molecule has 1 aromatic carbocycles. The van der Waals surface area contributed by atoms with E-state index in [0.29, 0.717) is 17.3 Å². The first-order chi connectivity index (χ1) is 9.11. The van der Waals surface area contributed by atoms with E-state index in [-0.39, 0.29) is 5.56 Å². The molecule has 100 valence electrons. The highest BCUT2D eigenvalue weighted by atomic mass is 32.2. The summed E-state index contributed by atoms with van der Waals surface area (Å²) in [6, 6.07) is 9.25. The molecule has 0 aliphatic carbocycles. The van der Waals surface area contributed by atoms with Crippen molar-refractivity contribution in [2.45, 2.75) is 17.6 Å². The lowest BCUT2D eigenvalue weighted by Gasteiger charge is -2.06. The highest BCUT2D eigenvalue weighted by Gasteiger charge is 2.14. The molecular formula is C14H14O4S. The Bertz CT molecular complexity index is 589. The van der Waals surface area contributed by atoms with Crippen LogP contribution < -0.4 is 4.74 Å². The van der Waals surface area contributed by atoms with Gasteiger partial charge in [0.05, 0.1) is 12.9 Å². The largest absolute Gasteiger partial charge is 0.496 e. The minimum Gasteiger partial charge on any atom is -0.496 e. The summed E-state index contributed by atoms with van der Waals surface area (Å²) in [5.74, 6) is 1.48. The zero-order valence-electron chi connectivity index (χ0n) is 10.7. The first-order valence-electron chi connectivity index (χ1n) is 5.70. The number of rotatable bonds is 5. The third-order valence-electron chi connectivity index (χ3n) is 2.64. The number of carboxylic acid groups (broad SMARTS) is 1. The molecule has 0 saturated heterocycles. The Kier molecular flexibility index (Phi) is 4.16. The minimum atomic E-state index is -0.963. The molecule has 1 N–H and O–H groups in total. The quantitative estimate of drug-likeness (QED) is 0.847. The lowest BCUT2D eigenvalue weighted by molar-refractivity contribution is 0.0695. The SMILES string of the molecule is COc1ccccc1SCc1cc(C(=O)O)c(C)o1. The number of benzene rings is 1. The standard InChI is InChI=1S/C14H14O4S/c1-9-11(14(15)16)7-10(18-9)8-19-13-6-4-3-5-12(13)17-2/h3-7H,8H2,1-2H3,(H,15,16). The monoisotopic (exact) mass is 278 g/mol. The molecule has 0 unspecified atom stereocenters. The molecule has 0 bridgehead atoms. The van der Waals surface area contributed by atoms with E-state index < -0.39 is 5.97 Å².